The molecule has 170 valence electrons. The lowest BCUT2D eigenvalue weighted by Crippen LogP contribution is -2.50. The van der Waals surface area contributed by atoms with Gasteiger partial charge in [-0.25, -0.2) is 13.1 Å². The lowest BCUT2D eigenvalue weighted by atomic mass is 9.93. The van der Waals surface area contributed by atoms with Crippen molar-refractivity contribution in [3.05, 3.63) is 95.5 Å². The summed E-state index contributed by atoms with van der Waals surface area (Å²) in [4.78, 5) is 26.3. The second-order valence-corrected chi connectivity index (χ2v) is 9.43. The van der Waals surface area contributed by atoms with Gasteiger partial charge in [0, 0.05) is 19.0 Å². The summed E-state index contributed by atoms with van der Waals surface area (Å²) in [5.41, 5.74) is 8.17. The molecular weight excluding hydrogens is 442 g/mol. The lowest BCUT2D eigenvalue weighted by Gasteiger charge is -2.34. The maximum Gasteiger partial charge on any atom is 0.247 e. The van der Waals surface area contributed by atoms with E-state index in [-0.39, 0.29) is 17.3 Å². The van der Waals surface area contributed by atoms with Gasteiger partial charge in [-0.3, -0.25) is 9.59 Å². The summed E-state index contributed by atoms with van der Waals surface area (Å²) in [6.07, 6.45) is 4.79. The molecule has 0 saturated heterocycles. The molecule has 1 unspecified atom stereocenters. The van der Waals surface area contributed by atoms with E-state index in [4.69, 9.17) is 10.2 Å². The fraction of sp³-hybridized carbons (Fsp3) is 0.167. The maximum absolute atomic E-state index is 12.8. The van der Waals surface area contributed by atoms with Crippen LogP contribution in [0.4, 0.5) is 0 Å². The normalized spacial score (nSPS) is 16.0. The number of primary amides is 1. The van der Waals surface area contributed by atoms with Crippen LogP contribution in [-0.4, -0.2) is 31.2 Å². The summed E-state index contributed by atoms with van der Waals surface area (Å²) in [6.45, 7) is 0.344. The molecule has 1 aliphatic heterocycles. The van der Waals surface area contributed by atoms with Gasteiger partial charge in [-0.15, -0.1) is 0 Å². The van der Waals surface area contributed by atoms with E-state index in [9.17, 15) is 18.0 Å². The van der Waals surface area contributed by atoms with Crippen LogP contribution >= 0.6 is 0 Å². The largest absolute Gasteiger partial charge is 0.468 e. The topological polar surface area (TPSA) is 123 Å². The molecule has 2 heterocycles. The summed E-state index contributed by atoms with van der Waals surface area (Å²) in [7, 11) is -3.71. The van der Waals surface area contributed by atoms with Gasteiger partial charge in [-0.05, 0) is 47.0 Å². The highest BCUT2D eigenvalue weighted by Crippen LogP contribution is 2.24. The average molecular weight is 466 g/mol. The number of nitrogens with zero attached hydrogens (tertiary/aromatic N) is 1. The Morgan fingerprint density at radius 2 is 1.79 bits per heavy atom. The molecule has 3 N–H and O–H groups in total. The Kier molecular flexibility index (Phi) is 6.43. The number of carbonyl (C=O) groups excluding carboxylic acids is 2. The number of carbonyl (C=O) groups is 2. The molecular formula is C24H23N3O5S. The van der Waals surface area contributed by atoms with Gasteiger partial charge in [0.05, 0.1) is 17.7 Å². The summed E-state index contributed by atoms with van der Waals surface area (Å²) in [6, 6.07) is 16.4. The fourth-order valence-electron chi connectivity index (χ4n) is 3.69. The van der Waals surface area contributed by atoms with Crippen LogP contribution in [0, 0.1) is 0 Å². The van der Waals surface area contributed by atoms with Gasteiger partial charge in [-0.1, -0.05) is 36.4 Å². The predicted octanol–water partition coefficient (Wildman–Crippen LogP) is 2.21. The van der Waals surface area contributed by atoms with Crippen LogP contribution < -0.4 is 10.5 Å². The van der Waals surface area contributed by atoms with Crippen LogP contribution in [-0.2, 0) is 39.1 Å². The van der Waals surface area contributed by atoms with E-state index in [1.165, 1.54) is 29.4 Å². The van der Waals surface area contributed by atoms with E-state index in [1.807, 2.05) is 24.3 Å². The van der Waals surface area contributed by atoms with Crippen molar-refractivity contribution in [3.63, 3.8) is 0 Å². The van der Waals surface area contributed by atoms with Gasteiger partial charge in [0.2, 0.25) is 21.8 Å². The number of hydrogen-bond donors (Lipinski definition) is 2. The molecule has 0 aliphatic carbocycles. The number of fused-ring (bicyclic) bond motifs is 1. The van der Waals surface area contributed by atoms with Gasteiger partial charge in [-0.2, -0.15) is 0 Å². The smallest absolute Gasteiger partial charge is 0.247 e. The summed E-state index contributed by atoms with van der Waals surface area (Å²) in [5, 5.41) is 0. The molecule has 0 spiro atoms. The Balaban J connectivity index is 1.44. The third-order valence-corrected chi connectivity index (χ3v) is 6.90. The molecule has 1 atom stereocenters. The lowest BCUT2D eigenvalue weighted by molar-refractivity contribution is -0.136. The van der Waals surface area contributed by atoms with E-state index >= 15 is 0 Å². The standard InChI is InChI=1S/C24H23N3O5S/c25-24(29)22-14-18-4-1-2-5-19(18)16-27(22)23(28)12-9-17-7-10-21(11-8-17)33(30,31)26-15-20-6-3-13-32-20/h1-13,22,26H,14-16H2,(H2,25,29)/b12-9+. The number of nitrogens with two attached hydrogens (primary N) is 1. The Morgan fingerprint density at radius 1 is 1.06 bits per heavy atom. The van der Waals surface area contributed by atoms with Gasteiger partial charge in [0.15, 0.2) is 0 Å². The van der Waals surface area contributed by atoms with Crippen molar-refractivity contribution in [2.45, 2.75) is 30.4 Å². The van der Waals surface area contributed by atoms with Gasteiger partial charge < -0.3 is 15.1 Å². The second-order valence-electron chi connectivity index (χ2n) is 7.66. The zero-order chi connectivity index (χ0) is 23.4. The van der Waals surface area contributed by atoms with Crippen molar-refractivity contribution in [1.29, 1.82) is 0 Å². The number of benzene rings is 2. The van der Waals surface area contributed by atoms with Crippen molar-refractivity contribution in [2.75, 3.05) is 0 Å². The first-order valence-corrected chi connectivity index (χ1v) is 11.8. The summed E-state index contributed by atoms with van der Waals surface area (Å²) < 4.78 is 32.5. The van der Waals surface area contributed by atoms with E-state index in [1.54, 1.807) is 30.3 Å². The zero-order valence-corrected chi connectivity index (χ0v) is 18.5. The molecule has 8 nitrogen and oxygen atoms in total. The number of furan rings is 1. The molecule has 3 aromatic rings. The third-order valence-electron chi connectivity index (χ3n) is 5.49. The number of sulfonamides is 1. The molecule has 0 radical (unpaired) electrons. The molecule has 1 aromatic heterocycles. The highest BCUT2D eigenvalue weighted by atomic mass is 32.2. The highest BCUT2D eigenvalue weighted by Gasteiger charge is 2.32. The first-order chi connectivity index (χ1) is 15.8. The molecule has 2 aromatic carbocycles. The Labute approximate surface area is 191 Å². The van der Waals surface area contributed by atoms with Crippen LogP contribution in [0.3, 0.4) is 0 Å². The van der Waals surface area contributed by atoms with Crippen LogP contribution in [0.5, 0.6) is 0 Å². The molecule has 0 fully saturated rings. The fourth-order valence-corrected chi connectivity index (χ4v) is 4.69. The van der Waals surface area contributed by atoms with Gasteiger partial charge in [0.25, 0.3) is 0 Å². The zero-order valence-electron chi connectivity index (χ0n) is 17.7. The SMILES string of the molecule is NC(=O)C1Cc2ccccc2CN1C(=O)/C=C/c1ccc(S(=O)(=O)NCc2ccco2)cc1. The van der Waals surface area contributed by atoms with E-state index in [0.717, 1.165) is 11.1 Å². The second kappa shape index (κ2) is 9.43. The van der Waals surface area contributed by atoms with Gasteiger partial charge >= 0.3 is 0 Å². The quantitative estimate of drug-likeness (QED) is 0.518. The van der Waals surface area contributed by atoms with Crippen LogP contribution in [0.25, 0.3) is 6.08 Å². The Bertz CT molecular complexity index is 1280. The van der Waals surface area contributed by atoms with E-state index in [0.29, 0.717) is 24.3 Å². The highest BCUT2D eigenvalue weighted by molar-refractivity contribution is 7.89. The Hall–Kier alpha value is -3.69. The molecule has 4 rings (SSSR count). The first-order valence-electron chi connectivity index (χ1n) is 10.3. The van der Waals surface area contributed by atoms with Gasteiger partial charge in [0.1, 0.15) is 11.8 Å². The third kappa shape index (κ3) is 5.21. The minimum Gasteiger partial charge on any atom is -0.468 e. The van der Waals surface area contributed by atoms with Crippen molar-refractivity contribution in [1.82, 2.24) is 9.62 Å². The monoisotopic (exact) mass is 465 g/mol. The molecule has 33 heavy (non-hydrogen) atoms. The number of nitrogens with one attached hydrogen (secondary N) is 1. The van der Waals surface area contributed by atoms with Crippen molar-refractivity contribution < 1.29 is 22.4 Å². The number of hydrogen-bond acceptors (Lipinski definition) is 5. The van der Waals surface area contributed by atoms with E-state index < -0.39 is 22.0 Å². The molecule has 2 amide bonds. The molecule has 0 saturated carbocycles. The maximum atomic E-state index is 12.8. The minimum absolute atomic E-state index is 0.0471. The summed E-state index contributed by atoms with van der Waals surface area (Å²) in [5.74, 6) is -0.390. The van der Waals surface area contributed by atoms with Crippen molar-refractivity contribution in [3.8, 4) is 0 Å². The predicted molar refractivity (Wildman–Crippen MR) is 122 cm³/mol. The summed E-state index contributed by atoms with van der Waals surface area (Å²) >= 11 is 0. The minimum atomic E-state index is -3.71. The van der Waals surface area contributed by atoms with E-state index in [2.05, 4.69) is 4.72 Å². The van der Waals surface area contributed by atoms with Crippen LogP contribution in [0.15, 0.2) is 82.3 Å². The Morgan fingerprint density at radius 3 is 2.45 bits per heavy atom. The first kappa shape index (κ1) is 22.5. The number of rotatable bonds is 7. The molecule has 0 bridgehead atoms. The van der Waals surface area contributed by atoms with Crippen molar-refractivity contribution in [2.24, 2.45) is 5.73 Å². The molecule has 1 aliphatic rings. The van der Waals surface area contributed by atoms with Crippen molar-refractivity contribution >= 4 is 27.9 Å². The average Bonchev–Trinajstić information content (AvgIpc) is 3.34. The van der Waals surface area contributed by atoms with Crippen LogP contribution in [0.1, 0.15) is 22.5 Å². The number of amides is 2. The molecule has 9 heteroatoms. The van der Waals surface area contributed by atoms with Crippen LogP contribution in [0.2, 0.25) is 0 Å².